The van der Waals surface area contributed by atoms with Crippen molar-refractivity contribution in [1.29, 1.82) is 0 Å². The number of amides is 1. The molecule has 0 spiro atoms. The number of hydrogen-bond acceptors (Lipinski definition) is 15. The van der Waals surface area contributed by atoms with Crippen LogP contribution in [0.3, 0.4) is 0 Å². The van der Waals surface area contributed by atoms with E-state index in [-0.39, 0.29) is 6.09 Å². The molecule has 0 bridgehead atoms. The molecule has 0 aliphatic carbocycles. The smallest absolute Gasteiger partial charge is 0.410 e. The third-order valence-corrected chi connectivity index (χ3v) is 14.6. The molecule has 78 heavy (non-hydrogen) atoms. The number of aromatic nitrogens is 12. The van der Waals surface area contributed by atoms with Crippen molar-refractivity contribution in [3.8, 4) is 0 Å². The van der Waals surface area contributed by atoms with E-state index in [4.69, 9.17) is 16.3 Å². The molecule has 1 amide bonds. The van der Waals surface area contributed by atoms with E-state index in [1.807, 2.05) is 101 Å². The molecule has 0 aromatic carbocycles. The van der Waals surface area contributed by atoms with Gasteiger partial charge in [-0.25, -0.2) is 44.7 Å². The fourth-order valence-electron chi connectivity index (χ4n) is 10.6. The Morgan fingerprint density at radius 1 is 0.449 bits per heavy atom. The Kier molecular flexibility index (Phi) is 14.0. The number of hydrogen-bond donors (Lipinski definition) is 6. The van der Waals surface area contributed by atoms with Crippen molar-refractivity contribution in [3.05, 3.63) is 128 Å². The third kappa shape index (κ3) is 10.2. The summed E-state index contributed by atoms with van der Waals surface area (Å²) in [4.78, 5) is 68.5. The average molecular weight is 1060 g/mol. The summed E-state index contributed by atoms with van der Waals surface area (Å²) in [6.45, 7) is 16.8. The van der Waals surface area contributed by atoms with Gasteiger partial charge in [-0.2, -0.15) is 0 Å². The standard InChI is InChI=1S/C19H23N5O2.2C14H15N5.C10H6ClN3/c1-19(2,3)26-18(25)24-10-8-23(9-11-24)15-5-7-20-14-12-22-17-13(16(14)15)4-6-21-17;2*1-3-17-14-10(1)13-11(9-18-14)16-4-2-12(13)19-7-5-15-6-8-19;11-7-2-4-12-8-5-14-10-6(9(7)8)1-3-13-10/h4-7,12,20H,8-11H2,1-3H3;2*1-4,9,15-16H,5-8H2;1-5,12H. The summed E-state index contributed by atoms with van der Waals surface area (Å²) in [5, 5.41) is 16.4. The fraction of sp³-hybridized carbons (Fsp3) is 0.281. The van der Waals surface area contributed by atoms with Gasteiger partial charge in [0.05, 0.1) is 51.9 Å². The summed E-state index contributed by atoms with van der Waals surface area (Å²) in [5.74, 6) is 0. The molecular weight excluding hydrogens is 1000 g/mol. The van der Waals surface area contributed by atoms with Gasteiger partial charge in [-0.15, -0.1) is 0 Å². The van der Waals surface area contributed by atoms with Crippen LogP contribution in [0.25, 0.3) is 87.7 Å². The van der Waals surface area contributed by atoms with Crippen LogP contribution in [0.15, 0.2) is 123 Å². The molecule has 15 rings (SSSR count). The lowest BCUT2D eigenvalue weighted by Gasteiger charge is -2.37. The molecule has 20 nitrogen and oxygen atoms in total. The Hall–Kier alpha value is -8.72. The lowest BCUT2D eigenvalue weighted by atomic mass is 10.1. The highest BCUT2D eigenvalue weighted by Gasteiger charge is 2.27. The first kappa shape index (κ1) is 50.1. The topological polar surface area (TPSA) is 230 Å². The molecule has 21 heteroatoms. The van der Waals surface area contributed by atoms with Crippen LogP contribution in [0.1, 0.15) is 20.8 Å². The van der Waals surface area contributed by atoms with Gasteiger partial charge in [-0.05, 0) is 69.3 Å². The molecule has 3 saturated heterocycles. The van der Waals surface area contributed by atoms with E-state index < -0.39 is 5.60 Å². The largest absolute Gasteiger partial charge is 0.444 e. The van der Waals surface area contributed by atoms with E-state index in [1.165, 1.54) is 22.1 Å². The number of ether oxygens (including phenoxy) is 1. The van der Waals surface area contributed by atoms with Crippen LogP contribution in [-0.2, 0) is 4.74 Å². The lowest BCUT2D eigenvalue weighted by Crippen LogP contribution is -2.50. The molecule has 12 aromatic heterocycles. The molecule has 396 valence electrons. The van der Waals surface area contributed by atoms with Crippen LogP contribution in [0.4, 0.5) is 21.9 Å². The van der Waals surface area contributed by atoms with Crippen molar-refractivity contribution in [2.75, 3.05) is 93.2 Å². The van der Waals surface area contributed by atoms with Crippen molar-refractivity contribution in [1.82, 2.24) is 75.3 Å². The monoisotopic (exact) mass is 1060 g/mol. The quantitative estimate of drug-likeness (QED) is 0.0970. The van der Waals surface area contributed by atoms with E-state index >= 15 is 0 Å². The number of aromatic amines is 4. The number of nitrogens with one attached hydrogen (secondary N) is 6. The maximum Gasteiger partial charge on any atom is 0.410 e. The molecule has 0 saturated carbocycles. The van der Waals surface area contributed by atoms with Crippen LogP contribution >= 0.6 is 11.6 Å². The Balaban J connectivity index is 0.000000106. The normalized spacial score (nSPS) is 15.2. The Morgan fingerprint density at radius 3 is 1.15 bits per heavy atom. The zero-order chi connectivity index (χ0) is 53.2. The Morgan fingerprint density at radius 2 is 0.782 bits per heavy atom. The van der Waals surface area contributed by atoms with Gasteiger partial charge in [0.15, 0.2) is 22.6 Å². The summed E-state index contributed by atoms with van der Waals surface area (Å²) in [6, 6.07) is 16.2. The van der Waals surface area contributed by atoms with Gasteiger partial charge in [0.25, 0.3) is 0 Å². The predicted octanol–water partition coefficient (Wildman–Crippen LogP) is 8.97. The first-order valence-corrected chi connectivity index (χ1v) is 26.7. The molecule has 3 aliphatic heterocycles. The molecule has 12 aromatic rings. The maximum absolute atomic E-state index is 12.3. The van der Waals surface area contributed by atoms with Crippen molar-refractivity contribution in [2.45, 2.75) is 26.4 Å². The second kappa shape index (κ2) is 21.7. The number of nitrogens with zero attached hydrogens (tertiary/aromatic N) is 12. The van der Waals surface area contributed by atoms with Crippen molar-refractivity contribution >= 4 is 123 Å². The second-order valence-electron chi connectivity index (χ2n) is 20.3. The molecule has 0 unspecified atom stereocenters. The predicted molar refractivity (Wildman–Crippen MR) is 311 cm³/mol. The maximum atomic E-state index is 12.3. The van der Waals surface area contributed by atoms with E-state index in [1.54, 1.807) is 29.7 Å². The van der Waals surface area contributed by atoms with Gasteiger partial charge in [0.1, 0.15) is 5.60 Å². The van der Waals surface area contributed by atoms with Crippen molar-refractivity contribution in [3.63, 3.8) is 0 Å². The number of pyridine rings is 8. The zero-order valence-electron chi connectivity index (χ0n) is 43.6. The molecule has 0 atom stereocenters. The van der Waals surface area contributed by atoms with Gasteiger partial charge in [0, 0.05) is 188 Å². The highest BCUT2D eigenvalue weighted by molar-refractivity contribution is 6.37. The van der Waals surface area contributed by atoms with E-state index in [0.29, 0.717) is 13.1 Å². The van der Waals surface area contributed by atoms with Crippen LogP contribution in [-0.4, -0.2) is 155 Å². The average Bonchev–Trinajstić information content (AvgIpc) is 4.45. The first-order chi connectivity index (χ1) is 38.1. The van der Waals surface area contributed by atoms with E-state index in [0.717, 1.165) is 153 Å². The van der Waals surface area contributed by atoms with Crippen molar-refractivity contribution in [2.24, 2.45) is 0 Å². The van der Waals surface area contributed by atoms with E-state index in [2.05, 4.69) is 103 Å². The zero-order valence-corrected chi connectivity index (χ0v) is 44.3. The first-order valence-electron chi connectivity index (χ1n) is 26.3. The summed E-state index contributed by atoms with van der Waals surface area (Å²) in [7, 11) is 0. The van der Waals surface area contributed by atoms with Crippen molar-refractivity contribution < 1.29 is 9.53 Å². The number of carbonyl (C=O) groups is 1. The van der Waals surface area contributed by atoms with Crippen LogP contribution in [0.5, 0.6) is 0 Å². The van der Waals surface area contributed by atoms with Crippen LogP contribution in [0, 0.1) is 0 Å². The number of halogens is 1. The van der Waals surface area contributed by atoms with Gasteiger partial charge >= 0.3 is 6.09 Å². The number of piperazine rings is 3. The van der Waals surface area contributed by atoms with E-state index in [9.17, 15) is 4.79 Å². The molecule has 3 fully saturated rings. The van der Waals surface area contributed by atoms with Gasteiger partial charge < -0.3 is 54.9 Å². The summed E-state index contributed by atoms with van der Waals surface area (Å²) < 4.78 is 5.48. The number of rotatable bonds is 3. The van der Waals surface area contributed by atoms with Crippen LogP contribution < -0.4 is 25.3 Å². The number of carbonyl (C=O) groups excluding carboxylic acids is 1. The minimum absolute atomic E-state index is 0.241. The Labute approximate surface area is 453 Å². The Bertz CT molecular complexity index is 3940. The summed E-state index contributed by atoms with van der Waals surface area (Å²) in [6.07, 6.45) is 22.0. The highest BCUT2D eigenvalue weighted by Crippen LogP contribution is 2.35. The summed E-state index contributed by atoms with van der Waals surface area (Å²) in [5.41, 5.74) is 10.4. The molecule has 15 heterocycles. The second-order valence-corrected chi connectivity index (χ2v) is 20.7. The number of anilines is 3. The fourth-order valence-corrected chi connectivity index (χ4v) is 10.9. The molecule has 6 N–H and O–H groups in total. The number of fused-ring (bicyclic) bond motifs is 12. The lowest BCUT2D eigenvalue weighted by molar-refractivity contribution is 0.0240. The number of H-pyrrole nitrogens is 4. The minimum atomic E-state index is -0.469. The third-order valence-electron chi connectivity index (χ3n) is 14.2. The van der Waals surface area contributed by atoms with Gasteiger partial charge in [-0.1, -0.05) is 11.6 Å². The summed E-state index contributed by atoms with van der Waals surface area (Å²) >= 11 is 6.12. The molecule has 3 aliphatic rings. The molecular formula is C57H59ClN18O2. The minimum Gasteiger partial charge on any atom is -0.444 e. The van der Waals surface area contributed by atoms with Crippen LogP contribution in [0.2, 0.25) is 5.02 Å². The SMILES string of the molecule is CC(C)(C)OC(=O)N1CCN(c2cc[nH]c3cnc4nccc4c23)CC1.Clc1cc[nH]c2cnc3nccc3c12.c1cc2c(n1)ncc1[nH]ccc(N3CCNCC3)c12.c1cc2c(n1)ncc1[nH]ccc(N3CCNCC3)c12. The van der Waals surface area contributed by atoms with Gasteiger partial charge in [0.2, 0.25) is 0 Å². The van der Waals surface area contributed by atoms with Gasteiger partial charge in [-0.3, -0.25) is 0 Å². The highest BCUT2D eigenvalue weighted by atomic mass is 35.5. The molecule has 0 radical (unpaired) electrons.